The lowest BCUT2D eigenvalue weighted by molar-refractivity contribution is -0.119. The highest BCUT2D eigenvalue weighted by atomic mass is 79.9. The molecule has 4 heteroatoms. The van der Waals surface area contributed by atoms with E-state index >= 15 is 0 Å². The molecule has 0 saturated carbocycles. The van der Waals surface area contributed by atoms with E-state index in [1.807, 2.05) is 13.8 Å². The fourth-order valence-corrected chi connectivity index (χ4v) is 1.27. The van der Waals surface area contributed by atoms with E-state index in [1.54, 1.807) is 18.5 Å². The maximum atomic E-state index is 11.5. The highest BCUT2D eigenvalue weighted by Crippen LogP contribution is 2.20. The number of nitrogens with zero attached hydrogens (tertiary/aromatic N) is 1. The third kappa shape index (κ3) is 2.80. The molecule has 1 atom stereocenters. The Balaban J connectivity index is 2.70. The lowest BCUT2D eigenvalue weighted by atomic mass is 10.1. The van der Waals surface area contributed by atoms with Gasteiger partial charge in [0, 0.05) is 18.3 Å². The van der Waals surface area contributed by atoms with E-state index in [1.165, 1.54) is 0 Å². The summed E-state index contributed by atoms with van der Waals surface area (Å²) >= 11 is 3.32. The van der Waals surface area contributed by atoms with Crippen LogP contribution in [0.4, 0.5) is 5.69 Å². The van der Waals surface area contributed by atoms with Crippen LogP contribution in [0.3, 0.4) is 0 Å². The van der Waals surface area contributed by atoms with Crippen LogP contribution in [0, 0.1) is 5.92 Å². The van der Waals surface area contributed by atoms with E-state index in [0.717, 1.165) is 16.6 Å². The van der Waals surface area contributed by atoms with Crippen LogP contribution in [0.25, 0.3) is 0 Å². The second-order valence-corrected chi connectivity index (χ2v) is 4.01. The van der Waals surface area contributed by atoms with Gasteiger partial charge in [0.1, 0.15) is 0 Å². The maximum absolute atomic E-state index is 11.5. The van der Waals surface area contributed by atoms with Crippen LogP contribution in [0.1, 0.15) is 20.3 Å². The Morgan fingerprint density at radius 3 is 3.00 bits per heavy atom. The van der Waals surface area contributed by atoms with Crippen molar-refractivity contribution in [2.75, 3.05) is 5.32 Å². The number of nitrogens with one attached hydrogen (secondary N) is 1. The minimum Gasteiger partial charge on any atom is -0.325 e. The second-order valence-electron chi connectivity index (χ2n) is 3.15. The third-order valence-corrected chi connectivity index (χ3v) is 2.72. The third-order valence-electron chi connectivity index (χ3n) is 2.09. The molecule has 1 unspecified atom stereocenters. The molecule has 0 bridgehead atoms. The highest BCUT2D eigenvalue weighted by Gasteiger charge is 2.11. The molecule has 0 fully saturated rings. The molecule has 1 aromatic heterocycles. The van der Waals surface area contributed by atoms with E-state index in [2.05, 4.69) is 26.2 Å². The van der Waals surface area contributed by atoms with Crippen LogP contribution in [0.15, 0.2) is 22.9 Å². The van der Waals surface area contributed by atoms with Gasteiger partial charge in [-0.05, 0) is 28.4 Å². The molecule has 0 aliphatic carbocycles. The zero-order valence-electron chi connectivity index (χ0n) is 8.25. The summed E-state index contributed by atoms with van der Waals surface area (Å²) < 4.78 is 0.802. The van der Waals surface area contributed by atoms with Gasteiger partial charge in [0.05, 0.1) is 10.2 Å². The molecule has 14 heavy (non-hydrogen) atoms. The van der Waals surface area contributed by atoms with Gasteiger partial charge in [0.25, 0.3) is 0 Å². The first-order valence-corrected chi connectivity index (χ1v) is 5.34. The molecular weight excluding hydrogens is 244 g/mol. The normalized spacial score (nSPS) is 12.2. The Morgan fingerprint density at radius 2 is 2.43 bits per heavy atom. The van der Waals surface area contributed by atoms with Crippen molar-refractivity contribution in [2.45, 2.75) is 20.3 Å². The molecule has 0 spiro atoms. The van der Waals surface area contributed by atoms with Crippen LogP contribution < -0.4 is 5.32 Å². The fourth-order valence-electron chi connectivity index (χ4n) is 0.918. The van der Waals surface area contributed by atoms with E-state index in [9.17, 15) is 4.79 Å². The number of aromatic nitrogens is 1. The van der Waals surface area contributed by atoms with Crippen molar-refractivity contribution in [1.82, 2.24) is 4.98 Å². The summed E-state index contributed by atoms with van der Waals surface area (Å²) in [4.78, 5) is 15.5. The van der Waals surface area contributed by atoms with Gasteiger partial charge in [-0.2, -0.15) is 0 Å². The van der Waals surface area contributed by atoms with Crippen molar-refractivity contribution in [2.24, 2.45) is 5.92 Å². The molecule has 3 nitrogen and oxygen atoms in total. The summed E-state index contributed by atoms with van der Waals surface area (Å²) in [5.41, 5.74) is 0.769. The maximum Gasteiger partial charge on any atom is 0.227 e. The molecule has 1 heterocycles. The van der Waals surface area contributed by atoms with Gasteiger partial charge in [-0.25, -0.2) is 0 Å². The van der Waals surface area contributed by atoms with E-state index < -0.39 is 0 Å². The fraction of sp³-hybridized carbons (Fsp3) is 0.400. The smallest absolute Gasteiger partial charge is 0.227 e. The van der Waals surface area contributed by atoms with Gasteiger partial charge in [0.2, 0.25) is 5.91 Å². The summed E-state index contributed by atoms with van der Waals surface area (Å²) in [6.45, 7) is 3.90. The molecule has 1 N–H and O–H groups in total. The summed E-state index contributed by atoms with van der Waals surface area (Å²) in [7, 11) is 0. The van der Waals surface area contributed by atoms with Gasteiger partial charge < -0.3 is 5.32 Å². The van der Waals surface area contributed by atoms with Gasteiger partial charge in [-0.1, -0.05) is 13.8 Å². The molecule has 0 aromatic carbocycles. The minimum atomic E-state index is 0.0371. The van der Waals surface area contributed by atoms with Crippen LogP contribution in [-0.4, -0.2) is 10.9 Å². The first-order chi connectivity index (χ1) is 6.65. The Morgan fingerprint density at radius 1 is 1.71 bits per heavy atom. The van der Waals surface area contributed by atoms with Crippen molar-refractivity contribution >= 4 is 27.5 Å². The van der Waals surface area contributed by atoms with E-state index in [-0.39, 0.29) is 11.8 Å². The molecular formula is C10H13BrN2O. The Hall–Kier alpha value is -0.900. The van der Waals surface area contributed by atoms with Gasteiger partial charge >= 0.3 is 0 Å². The number of carbonyl (C=O) groups excluding carboxylic acids is 1. The van der Waals surface area contributed by atoms with Crippen LogP contribution in [0.5, 0.6) is 0 Å². The molecule has 1 rings (SSSR count). The topological polar surface area (TPSA) is 42.0 Å². The standard InChI is InChI=1S/C10H13BrN2O/c1-3-7(2)10(14)13-9-4-5-12-6-8(9)11/h4-7H,3H2,1-2H3,(H,12,13,14). The predicted molar refractivity (Wildman–Crippen MR) is 60.0 cm³/mol. The minimum absolute atomic E-state index is 0.0371. The molecule has 0 aliphatic rings. The number of carbonyl (C=O) groups is 1. The Labute approximate surface area is 92.1 Å². The molecule has 76 valence electrons. The summed E-state index contributed by atoms with van der Waals surface area (Å²) in [5.74, 6) is 0.0782. The number of pyridine rings is 1. The number of hydrogen-bond donors (Lipinski definition) is 1. The van der Waals surface area contributed by atoms with Crippen LogP contribution in [-0.2, 0) is 4.79 Å². The first kappa shape index (κ1) is 11.2. The van der Waals surface area contributed by atoms with Crippen LogP contribution in [0.2, 0.25) is 0 Å². The Bertz CT molecular complexity index is 328. The quantitative estimate of drug-likeness (QED) is 0.904. The van der Waals surface area contributed by atoms with Crippen LogP contribution >= 0.6 is 15.9 Å². The predicted octanol–water partition coefficient (Wildman–Crippen LogP) is 2.83. The highest BCUT2D eigenvalue weighted by molar-refractivity contribution is 9.10. The lowest BCUT2D eigenvalue weighted by Crippen LogP contribution is -2.19. The summed E-state index contributed by atoms with van der Waals surface area (Å²) in [6.07, 6.45) is 4.15. The first-order valence-electron chi connectivity index (χ1n) is 4.55. The second kappa shape index (κ2) is 5.10. The number of rotatable bonds is 3. The van der Waals surface area contributed by atoms with E-state index in [4.69, 9.17) is 0 Å². The molecule has 1 amide bonds. The average Bonchev–Trinajstić information content (AvgIpc) is 2.20. The molecule has 0 saturated heterocycles. The number of amides is 1. The summed E-state index contributed by atoms with van der Waals surface area (Å²) in [5, 5.41) is 2.84. The largest absolute Gasteiger partial charge is 0.325 e. The SMILES string of the molecule is CCC(C)C(=O)Nc1ccncc1Br. The molecule has 0 aliphatic heterocycles. The zero-order valence-corrected chi connectivity index (χ0v) is 9.84. The lowest BCUT2D eigenvalue weighted by Gasteiger charge is -2.10. The average molecular weight is 257 g/mol. The van der Waals surface area contributed by atoms with Crippen molar-refractivity contribution < 1.29 is 4.79 Å². The molecule has 1 aromatic rings. The van der Waals surface area contributed by atoms with Crippen molar-refractivity contribution in [3.05, 3.63) is 22.9 Å². The zero-order chi connectivity index (χ0) is 10.6. The van der Waals surface area contributed by atoms with Gasteiger partial charge in [0.15, 0.2) is 0 Å². The van der Waals surface area contributed by atoms with Crippen molar-refractivity contribution in [3.8, 4) is 0 Å². The number of hydrogen-bond acceptors (Lipinski definition) is 2. The number of anilines is 1. The van der Waals surface area contributed by atoms with Crippen molar-refractivity contribution in [3.63, 3.8) is 0 Å². The summed E-state index contributed by atoms with van der Waals surface area (Å²) in [6, 6.07) is 1.77. The molecule has 0 radical (unpaired) electrons. The van der Waals surface area contributed by atoms with Crippen molar-refractivity contribution in [1.29, 1.82) is 0 Å². The van der Waals surface area contributed by atoms with Gasteiger partial charge in [-0.15, -0.1) is 0 Å². The monoisotopic (exact) mass is 256 g/mol. The Kier molecular flexibility index (Phi) is 4.07. The number of halogens is 1. The van der Waals surface area contributed by atoms with E-state index in [0.29, 0.717) is 0 Å². The van der Waals surface area contributed by atoms with Gasteiger partial charge in [-0.3, -0.25) is 9.78 Å².